The predicted molar refractivity (Wildman–Crippen MR) is 93.3 cm³/mol. The van der Waals surface area contributed by atoms with Crippen LogP contribution < -0.4 is 21.3 Å². The van der Waals surface area contributed by atoms with Crippen molar-refractivity contribution in [2.45, 2.75) is 31.7 Å². The van der Waals surface area contributed by atoms with Gasteiger partial charge in [0.15, 0.2) is 5.65 Å². The molecule has 0 radical (unpaired) electrons. The van der Waals surface area contributed by atoms with Gasteiger partial charge in [0.05, 0.1) is 6.20 Å². The number of hydrogen-bond acceptors (Lipinski definition) is 7. The van der Waals surface area contributed by atoms with E-state index < -0.39 is 11.9 Å². The summed E-state index contributed by atoms with van der Waals surface area (Å²) >= 11 is 0. The molecule has 3 fully saturated rings. The minimum atomic E-state index is -0.532. The summed E-state index contributed by atoms with van der Waals surface area (Å²) in [5, 5.41) is 15.7. The van der Waals surface area contributed by atoms with Gasteiger partial charge >= 0.3 is 6.03 Å². The summed E-state index contributed by atoms with van der Waals surface area (Å²) in [5.41, 5.74) is 1.38. The maximum absolute atomic E-state index is 11.8. The Morgan fingerprint density at radius 2 is 2.04 bits per heavy atom. The first-order valence-corrected chi connectivity index (χ1v) is 8.76. The predicted octanol–water partition coefficient (Wildman–Crippen LogP) is 0.701. The average molecular weight is 354 g/mol. The largest absolute Gasteiger partial charge is 0.354 e. The van der Waals surface area contributed by atoms with E-state index in [1.54, 1.807) is 16.8 Å². The quantitative estimate of drug-likeness (QED) is 0.444. The SMILES string of the molecule is O=C1NC(=O)C(=Cc2cnn3c(NC4CC4)nc(NCC4CC4)nc23)N1. The molecule has 0 aromatic carbocycles. The lowest BCUT2D eigenvalue weighted by atomic mass is 10.2. The molecule has 1 aliphatic heterocycles. The smallest absolute Gasteiger partial charge is 0.326 e. The zero-order valence-corrected chi connectivity index (χ0v) is 14.0. The first-order valence-electron chi connectivity index (χ1n) is 8.76. The van der Waals surface area contributed by atoms with Crippen LogP contribution in [0.5, 0.6) is 0 Å². The van der Waals surface area contributed by atoms with Crippen LogP contribution in [0.25, 0.3) is 11.7 Å². The average Bonchev–Trinajstić information content (AvgIpc) is 3.52. The fourth-order valence-electron chi connectivity index (χ4n) is 2.77. The highest BCUT2D eigenvalue weighted by atomic mass is 16.2. The van der Waals surface area contributed by atoms with Crippen molar-refractivity contribution in [3.05, 3.63) is 17.5 Å². The second kappa shape index (κ2) is 5.68. The highest BCUT2D eigenvalue weighted by Crippen LogP contribution is 2.29. The van der Waals surface area contributed by atoms with Crippen LogP contribution in [0.1, 0.15) is 31.2 Å². The normalized spacial score (nSPS) is 21.2. The Kier molecular flexibility index (Phi) is 3.30. The summed E-state index contributed by atoms with van der Waals surface area (Å²) in [5.74, 6) is 1.39. The van der Waals surface area contributed by atoms with Gasteiger partial charge in [0.2, 0.25) is 11.9 Å². The minimum Gasteiger partial charge on any atom is -0.354 e. The molecule has 2 saturated carbocycles. The number of nitrogens with one attached hydrogen (secondary N) is 4. The number of amides is 3. The summed E-state index contributed by atoms with van der Waals surface area (Å²) in [7, 11) is 0. The Balaban J connectivity index is 1.53. The molecule has 134 valence electrons. The zero-order chi connectivity index (χ0) is 17.7. The van der Waals surface area contributed by atoms with Crippen LogP contribution in [-0.4, -0.2) is 44.1 Å². The van der Waals surface area contributed by atoms with Gasteiger partial charge in [-0.05, 0) is 37.7 Å². The van der Waals surface area contributed by atoms with Gasteiger partial charge in [0.25, 0.3) is 5.91 Å². The molecule has 3 heterocycles. The van der Waals surface area contributed by atoms with Gasteiger partial charge in [-0.15, -0.1) is 0 Å². The first-order chi connectivity index (χ1) is 12.7. The molecule has 0 unspecified atom stereocenters. The van der Waals surface area contributed by atoms with Crippen molar-refractivity contribution in [2.24, 2.45) is 5.92 Å². The van der Waals surface area contributed by atoms with Crippen molar-refractivity contribution in [3.63, 3.8) is 0 Å². The highest BCUT2D eigenvalue weighted by molar-refractivity contribution is 6.14. The fourth-order valence-corrected chi connectivity index (χ4v) is 2.77. The third-order valence-electron chi connectivity index (χ3n) is 4.57. The van der Waals surface area contributed by atoms with E-state index in [1.165, 1.54) is 12.8 Å². The number of urea groups is 1. The van der Waals surface area contributed by atoms with Gasteiger partial charge in [-0.25, -0.2) is 4.79 Å². The maximum atomic E-state index is 11.8. The lowest BCUT2D eigenvalue weighted by Gasteiger charge is -2.10. The molecule has 26 heavy (non-hydrogen) atoms. The van der Waals surface area contributed by atoms with E-state index in [0.717, 1.165) is 19.4 Å². The second-order valence-corrected chi connectivity index (χ2v) is 6.92. The summed E-state index contributed by atoms with van der Waals surface area (Å²) < 4.78 is 1.63. The van der Waals surface area contributed by atoms with Gasteiger partial charge in [0.1, 0.15) is 5.70 Å². The van der Waals surface area contributed by atoms with E-state index in [9.17, 15) is 9.59 Å². The summed E-state index contributed by atoms with van der Waals surface area (Å²) in [4.78, 5) is 32.2. The number of hydrogen-bond donors (Lipinski definition) is 4. The molecule has 2 aromatic rings. The van der Waals surface area contributed by atoms with Gasteiger partial charge in [-0.3, -0.25) is 10.1 Å². The second-order valence-electron chi connectivity index (χ2n) is 6.92. The fraction of sp³-hybridized carbons (Fsp3) is 0.438. The van der Waals surface area contributed by atoms with Crippen molar-refractivity contribution < 1.29 is 9.59 Å². The van der Waals surface area contributed by atoms with Crippen LogP contribution in [0.15, 0.2) is 11.9 Å². The third kappa shape index (κ3) is 2.93. The van der Waals surface area contributed by atoms with Crippen LogP contribution in [-0.2, 0) is 4.79 Å². The molecule has 3 amide bonds. The van der Waals surface area contributed by atoms with E-state index in [2.05, 4.69) is 36.3 Å². The van der Waals surface area contributed by atoms with Crippen molar-refractivity contribution in [3.8, 4) is 0 Å². The Labute approximate surface area is 148 Å². The Morgan fingerprint density at radius 1 is 1.19 bits per heavy atom. The number of carbonyl (C=O) groups is 2. The molecular formula is C16H18N8O2. The van der Waals surface area contributed by atoms with Crippen molar-refractivity contribution in [1.82, 2.24) is 30.2 Å². The van der Waals surface area contributed by atoms with Crippen molar-refractivity contribution in [1.29, 1.82) is 0 Å². The van der Waals surface area contributed by atoms with Crippen LogP contribution >= 0.6 is 0 Å². The molecule has 2 aliphatic carbocycles. The van der Waals surface area contributed by atoms with Crippen molar-refractivity contribution in [2.75, 3.05) is 17.2 Å². The van der Waals surface area contributed by atoms with Crippen LogP contribution in [0.4, 0.5) is 16.7 Å². The Bertz CT molecular complexity index is 941. The molecule has 0 bridgehead atoms. The van der Waals surface area contributed by atoms with Gasteiger partial charge in [-0.2, -0.15) is 19.6 Å². The molecule has 4 N–H and O–H groups in total. The molecule has 0 spiro atoms. The van der Waals surface area contributed by atoms with Crippen LogP contribution in [0.3, 0.4) is 0 Å². The van der Waals surface area contributed by atoms with Gasteiger partial charge in [0, 0.05) is 18.2 Å². The number of rotatable bonds is 6. The monoisotopic (exact) mass is 354 g/mol. The molecule has 5 rings (SSSR count). The lowest BCUT2D eigenvalue weighted by Crippen LogP contribution is -2.22. The standard InChI is InChI=1S/C16H18N8O2/c25-13-11(20-16(26)22-13)5-9-7-18-24-12(9)21-14(17-6-8-1-2-8)23-15(24)19-10-3-4-10/h5,7-8,10H,1-4,6H2,(H2,17,19,21,23)(H2,20,22,25,26). The third-order valence-corrected chi connectivity index (χ3v) is 4.57. The number of carbonyl (C=O) groups excluding carboxylic acids is 2. The summed E-state index contributed by atoms with van der Waals surface area (Å²) in [6, 6.07) is -0.120. The number of fused-ring (bicyclic) bond motifs is 1. The molecule has 0 atom stereocenters. The van der Waals surface area contributed by atoms with Gasteiger partial charge in [-0.1, -0.05) is 0 Å². The van der Waals surface area contributed by atoms with E-state index >= 15 is 0 Å². The molecular weight excluding hydrogens is 336 g/mol. The summed E-state index contributed by atoms with van der Waals surface area (Å²) in [6.45, 7) is 0.849. The summed E-state index contributed by atoms with van der Waals surface area (Å²) in [6.07, 6.45) is 7.88. The number of aromatic nitrogens is 4. The number of imide groups is 1. The number of anilines is 2. The number of nitrogens with zero attached hydrogens (tertiary/aromatic N) is 4. The Morgan fingerprint density at radius 3 is 2.73 bits per heavy atom. The molecule has 2 aromatic heterocycles. The van der Waals surface area contributed by atoms with Crippen LogP contribution in [0.2, 0.25) is 0 Å². The molecule has 3 aliphatic rings. The van der Waals surface area contributed by atoms with E-state index in [0.29, 0.717) is 35.1 Å². The molecule has 1 saturated heterocycles. The van der Waals surface area contributed by atoms with Crippen molar-refractivity contribution >= 4 is 35.6 Å². The Hall–Kier alpha value is -3.17. The van der Waals surface area contributed by atoms with E-state index in [-0.39, 0.29) is 5.70 Å². The van der Waals surface area contributed by atoms with E-state index in [1.807, 2.05) is 0 Å². The topological polar surface area (TPSA) is 125 Å². The maximum Gasteiger partial charge on any atom is 0.326 e. The van der Waals surface area contributed by atoms with E-state index in [4.69, 9.17) is 0 Å². The minimum absolute atomic E-state index is 0.174. The molecule has 10 heteroatoms. The zero-order valence-electron chi connectivity index (χ0n) is 14.0. The van der Waals surface area contributed by atoms with Gasteiger partial charge < -0.3 is 16.0 Å². The van der Waals surface area contributed by atoms with Crippen LogP contribution in [0, 0.1) is 5.92 Å². The lowest BCUT2D eigenvalue weighted by molar-refractivity contribution is -0.115. The highest BCUT2D eigenvalue weighted by Gasteiger charge is 2.26. The first kappa shape index (κ1) is 15.1. The molecule has 10 nitrogen and oxygen atoms in total.